The number of nitrogens with one attached hydrogen (secondary N) is 1. The molecule has 2 aromatic rings. The van der Waals surface area contributed by atoms with Gasteiger partial charge in [0.2, 0.25) is 21.8 Å². The third kappa shape index (κ3) is 8.64. The predicted molar refractivity (Wildman–Crippen MR) is 156 cm³/mol. The van der Waals surface area contributed by atoms with Crippen LogP contribution < -0.4 is 14.4 Å². The van der Waals surface area contributed by atoms with Gasteiger partial charge in [-0.1, -0.05) is 53.7 Å². The fourth-order valence-corrected chi connectivity index (χ4v) is 6.15. The van der Waals surface area contributed by atoms with E-state index in [1.807, 2.05) is 0 Å². The number of rotatable bonds is 12. The highest BCUT2D eigenvalue weighted by molar-refractivity contribution is 7.92. The highest BCUT2D eigenvalue weighted by atomic mass is 35.5. The number of halogens is 3. The van der Waals surface area contributed by atoms with E-state index in [-0.39, 0.29) is 48.8 Å². The van der Waals surface area contributed by atoms with Gasteiger partial charge >= 0.3 is 0 Å². The standard InChI is InChI=1S/C27H34Cl3N3O5S/c1-18(27(35)31-20-7-4-5-8-20)32(17-19-10-12-22(28)23(29)15-19)26(34)9-6-14-33(39(3,36)37)21-11-13-25(38-2)24(30)16-21/h10-13,15-16,18,20H,4-9,14,17H2,1-3H3,(H,31,35)/t18-/m1/s1. The Balaban J connectivity index is 1.75. The van der Waals surface area contributed by atoms with Crippen LogP contribution >= 0.6 is 34.8 Å². The Morgan fingerprint density at radius 3 is 2.33 bits per heavy atom. The summed E-state index contributed by atoms with van der Waals surface area (Å²) in [5.74, 6) is -0.0795. The second kappa shape index (κ2) is 13.9. The lowest BCUT2D eigenvalue weighted by Gasteiger charge is -2.30. The maximum absolute atomic E-state index is 13.5. The number of carbonyl (C=O) groups excluding carboxylic acids is 2. The van der Waals surface area contributed by atoms with Crippen LogP contribution in [0.15, 0.2) is 36.4 Å². The monoisotopic (exact) mass is 617 g/mol. The highest BCUT2D eigenvalue weighted by Gasteiger charge is 2.29. The molecule has 12 heteroatoms. The van der Waals surface area contributed by atoms with Crippen molar-refractivity contribution in [1.29, 1.82) is 0 Å². The number of anilines is 1. The Labute approximate surface area is 245 Å². The summed E-state index contributed by atoms with van der Waals surface area (Å²) in [5.41, 5.74) is 1.09. The van der Waals surface area contributed by atoms with Crippen LogP contribution in [0, 0.1) is 0 Å². The fourth-order valence-electron chi connectivity index (χ4n) is 4.62. The van der Waals surface area contributed by atoms with E-state index >= 15 is 0 Å². The van der Waals surface area contributed by atoms with Crippen LogP contribution in [0.4, 0.5) is 5.69 Å². The van der Waals surface area contributed by atoms with Gasteiger partial charge in [-0.3, -0.25) is 13.9 Å². The van der Waals surface area contributed by atoms with Gasteiger partial charge in [-0.25, -0.2) is 8.42 Å². The van der Waals surface area contributed by atoms with Crippen molar-refractivity contribution in [3.8, 4) is 5.75 Å². The Morgan fingerprint density at radius 2 is 1.74 bits per heavy atom. The molecule has 8 nitrogen and oxygen atoms in total. The largest absolute Gasteiger partial charge is 0.495 e. The van der Waals surface area contributed by atoms with Gasteiger partial charge in [0.05, 0.1) is 34.1 Å². The Bertz CT molecular complexity index is 1290. The zero-order chi connectivity index (χ0) is 28.7. The number of methoxy groups -OCH3 is 1. The molecule has 1 saturated carbocycles. The average Bonchev–Trinajstić information content (AvgIpc) is 3.39. The molecule has 39 heavy (non-hydrogen) atoms. The van der Waals surface area contributed by atoms with E-state index in [9.17, 15) is 18.0 Å². The smallest absolute Gasteiger partial charge is 0.242 e. The van der Waals surface area contributed by atoms with E-state index in [4.69, 9.17) is 39.5 Å². The maximum Gasteiger partial charge on any atom is 0.242 e. The first kappa shape index (κ1) is 31.3. The number of ether oxygens (including phenoxy) is 1. The van der Waals surface area contributed by atoms with E-state index < -0.39 is 16.1 Å². The van der Waals surface area contributed by atoms with Crippen molar-refractivity contribution in [2.24, 2.45) is 0 Å². The second-order valence-electron chi connectivity index (χ2n) is 9.69. The Morgan fingerprint density at radius 1 is 1.05 bits per heavy atom. The van der Waals surface area contributed by atoms with E-state index in [1.54, 1.807) is 37.3 Å². The number of carbonyl (C=O) groups is 2. The summed E-state index contributed by atoms with van der Waals surface area (Å²) < 4.78 is 31.5. The van der Waals surface area contributed by atoms with Crippen LogP contribution in [0.2, 0.25) is 15.1 Å². The Hall–Kier alpha value is -2.20. The number of benzene rings is 2. The molecule has 0 radical (unpaired) electrons. The predicted octanol–water partition coefficient (Wildman–Crippen LogP) is 5.68. The zero-order valence-corrected chi connectivity index (χ0v) is 25.3. The number of nitrogens with zero attached hydrogens (tertiary/aromatic N) is 2. The molecule has 1 N–H and O–H groups in total. The molecule has 2 amide bonds. The van der Waals surface area contributed by atoms with E-state index in [0.29, 0.717) is 21.5 Å². The fraction of sp³-hybridized carbons (Fsp3) is 0.481. The molecule has 214 valence electrons. The Kier molecular flexibility index (Phi) is 11.2. The molecule has 0 spiro atoms. The van der Waals surface area contributed by atoms with Crippen molar-refractivity contribution in [2.75, 3.05) is 24.2 Å². The topological polar surface area (TPSA) is 96.0 Å². The summed E-state index contributed by atoms with van der Waals surface area (Å²) in [4.78, 5) is 28.0. The van der Waals surface area contributed by atoms with Gasteiger partial charge in [0, 0.05) is 25.6 Å². The van der Waals surface area contributed by atoms with Crippen LogP contribution in [0.5, 0.6) is 5.75 Å². The minimum atomic E-state index is -3.66. The first-order valence-electron chi connectivity index (χ1n) is 12.8. The first-order valence-corrected chi connectivity index (χ1v) is 15.7. The third-order valence-electron chi connectivity index (χ3n) is 6.78. The molecule has 1 aliphatic carbocycles. The highest BCUT2D eigenvalue weighted by Crippen LogP contribution is 2.30. The van der Waals surface area contributed by atoms with Gasteiger partial charge in [0.25, 0.3) is 0 Å². The molecule has 0 unspecified atom stereocenters. The zero-order valence-electron chi connectivity index (χ0n) is 22.3. The number of amides is 2. The van der Waals surface area contributed by atoms with E-state index in [0.717, 1.165) is 37.5 Å². The van der Waals surface area contributed by atoms with Crippen LogP contribution in [-0.4, -0.2) is 57.1 Å². The van der Waals surface area contributed by atoms with Crippen molar-refractivity contribution in [3.63, 3.8) is 0 Å². The first-order chi connectivity index (χ1) is 18.4. The lowest BCUT2D eigenvalue weighted by molar-refractivity contribution is -0.141. The molecule has 0 aromatic heterocycles. The molecule has 1 fully saturated rings. The van der Waals surface area contributed by atoms with Gasteiger partial charge in [-0.05, 0) is 62.1 Å². The van der Waals surface area contributed by atoms with Crippen LogP contribution in [0.3, 0.4) is 0 Å². The molecular formula is C27H34Cl3N3O5S. The average molecular weight is 619 g/mol. The van der Waals surface area contributed by atoms with Gasteiger partial charge in [-0.2, -0.15) is 0 Å². The molecule has 0 bridgehead atoms. The molecule has 1 atom stereocenters. The van der Waals surface area contributed by atoms with Gasteiger partial charge in [-0.15, -0.1) is 0 Å². The normalized spacial score (nSPS) is 14.6. The minimum Gasteiger partial charge on any atom is -0.495 e. The van der Waals surface area contributed by atoms with Crippen LogP contribution in [0.1, 0.15) is 51.0 Å². The van der Waals surface area contributed by atoms with Crippen molar-refractivity contribution in [2.45, 2.75) is 64.1 Å². The van der Waals surface area contributed by atoms with E-state index in [2.05, 4.69) is 5.32 Å². The lowest BCUT2D eigenvalue weighted by Crippen LogP contribution is -2.49. The molecular weight excluding hydrogens is 585 g/mol. The summed E-state index contributed by atoms with van der Waals surface area (Å²) in [6, 6.07) is 9.15. The molecule has 0 aliphatic heterocycles. The van der Waals surface area contributed by atoms with Crippen LogP contribution in [-0.2, 0) is 26.2 Å². The molecule has 3 rings (SSSR count). The van der Waals surface area contributed by atoms with Gasteiger partial charge in [0.15, 0.2) is 0 Å². The number of hydrogen-bond acceptors (Lipinski definition) is 5. The molecule has 2 aromatic carbocycles. The third-order valence-corrected chi connectivity index (χ3v) is 9.01. The van der Waals surface area contributed by atoms with Crippen molar-refractivity contribution >= 4 is 62.3 Å². The number of hydrogen-bond donors (Lipinski definition) is 1. The summed E-state index contributed by atoms with van der Waals surface area (Å²) in [6.07, 6.45) is 5.34. The molecule has 1 aliphatic rings. The van der Waals surface area contributed by atoms with E-state index in [1.165, 1.54) is 22.4 Å². The van der Waals surface area contributed by atoms with Gasteiger partial charge < -0.3 is 15.0 Å². The van der Waals surface area contributed by atoms with Crippen molar-refractivity contribution < 1.29 is 22.7 Å². The van der Waals surface area contributed by atoms with Crippen molar-refractivity contribution in [1.82, 2.24) is 10.2 Å². The minimum absolute atomic E-state index is 0.0261. The second-order valence-corrected chi connectivity index (χ2v) is 12.8. The summed E-state index contributed by atoms with van der Waals surface area (Å²) >= 11 is 18.5. The van der Waals surface area contributed by atoms with Crippen LogP contribution in [0.25, 0.3) is 0 Å². The van der Waals surface area contributed by atoms with Gasteiger partial charge in [0.1, 0.15) is 11.8 Å². The maximum atomic E-state index is 13.5. The molecule has 0 heterocycles. The summed E-state index contributed by atoms with van der Waals surface area (Å²) in [5, 5.41) is 4.08. The quantitative estimate of drug-likeness (QED) is 0.330. The summed E-state index contributed by atoms with van der Waals surface area (Å²) in [7, 11) is -2.18. The lowest BCUT2D eigenvalue weighted by atomic mass is 10.1. The SMILES string of the molecule is COc1ccc(N(CCCC(=O)N(Cc2ccc(Cl)c(Cl)c2)[C@H](C)C(=O)NC2CCCC2)S(C)(=O)=O)cc1Cl. The summed E-state index contributed by atoms with van der Waals surface area (Å²) in [6.45, 7) is 1.90. The van der Waals surface area contributed by atoms with Crippen molar-refractivity contribution in [3.05, 3.63) is 57.0 Å². The number of sulfonamides is 1. The molecule has 0 saturated heterocycles.